The molecular weight excluding hydrogens is 372 g/mol. The van der Waals surface area contributed by atoms with Crippen LogP contribution in [0.5, 0.6) is 11.5 Å². The van der Waals surface area contributed by atoms with Crippen molar-refractivity contribution in [3.05, 3.63) is 22.7 Å². The lowest BCUT2D eigenvalue weighted by Crippen LogP contribution is -2.26. The zero-order valence-electron chi connectivity index (χ0n) is 14.9. The van der Waals surface area contributed by atoms with Crippen molar-refractivity contribution in [2.45, 2.75) is 33.0 Å². The summed E-state index contributed by atoms with van der Waals surface area (Å²) in [5.74, 6) is 0.191. The highest BCUT2D eigenvalue weighted by molar-refractivity contribution is 6.32. The summed E-state index contributed by atoms with van der Waals surface area (Å²) in [6, 6.07) is 3.05. The molecule has 10 nitrogen and oxygen atoms in total. The van der Waals surface area contributed by atoms with Crippen LogP contribution < -0.4 is 16.4 Å². The molecule has 0 bridgehead atoms. The van der Waals surface area contributed by atoms with Gasteiger partial charge in [0.15, 0.2) is 28.5 Å². The number of nitrogens with two attached hydrogens (primary N) is 1. The molecule has 0 saturated heterocycles. The molecule has 0 aliphatic heterocycles. The average molecular weight is 393 g/mol. The van der Waals surface area contributed by atoms with Gasteiger partial charge in [0.05, 0.1) is 5.02 Å². The monoisotopic (exact) mass is 392 g/mol. The molecule has 1 aromatic carbocycles. The molecule has 3 rings (SSSR count). The molecule has 27 heavy (non-hydrogen) atoms. The summed E-state index contributed by atoms with van der Waals surface area (Å²) in [7, 11) is 0. The van der Waals surface area contributed by atoms with Crippen molar-refractivity contribution in [1.29, 1.82) is 0 Å². The molecule has 0 amide bonds. The molecule has 11 heteroatoms. The maximum absolute atomic E-state index is 10.0. The van der Waals surface area contributed by atoms with Gasteiger partial charge in [0.1, 0.15) is 0 Å². The minimum atomic E-state index is -0.361. The Morgan fingerprint density at radius 1 is 1.22 bits per heavy atom. The Labute approximate surface area is 160 Å². The van der Waals surface area contributed by atoms with E-state index in [-0.39, 0.29) is 29.1 Å². The van der Waals surface area contributed by atoms with Crippen LogP contribution in [0, 0.1) is 0 Å². The second kappa shape index (κ2) is 7.80. The number of aryl methyl sites for hydroxylation is 1. The smallest absolute Gasteiger partial charge is 0.226 e. The first-order valence-electron chi connectivity index (χ1n) is 8.44. The van der Waals surface area contributed by atoms with E-state index in [1.807, 2.05) is 13.8 Å². The topological polar surface area (TPSA) is 147 Å². The number of hydrogen-bond acceptors (Lipinski definition) is 9. The number of fused-ring (bicyclic) bond motifs is 1. The molecule has 2 heterocycles. The van der Waals surface area contributed by atoms with Crippen LogP contribution in [0.2, 0.25) is 5.02 Å². The van der Waals surface area contributed by atoms with Gasteiger partial charge >= 0.3 is 0 Å². The van der Waals surface area contributed by atoms with Gasteiger partial charge < -0.3 is 26.6 Å². The first-order valence-corrected chi connectivity index (χ1v) is 8.82. The molecule has 0 aliphatic carbocycles. The summed E-state index contributed by atoms with van der Waals surface area (Å²) < 4.78 is 1.66. The van der Waals surface area contributed by atoms with Gasteiger partial charge in [-0.1, -0.05) is 22.9 Å². The Morgan fingerprint density at radius 2 is 2.00 bits per heavy atom. The van der Waals surface area contributed by atoms with E-state index in [9.17, 15) is 10.2 Å². The molecule has 0 fully saturated rings. The van der Waals surface area contributed by atoms with E-state index >= 15 is 0 Å². The third-order valence-corrected chi connectivity index (χ3v) is 4.18. The minimum Gasteiger partial charge on any atom is -0.504 e. The van der Waals surface area contributed by atoms with Crippen molar-refractivity contribution in [2.75, 3.05) is 17.2 Å². The van der Waals surface area contributed by atoms with E-state index in [4.69, 9.17) is 17.3 Å². The first-order chi connectivity index (χ1) is 12.9. The van der Waals surface area contributed by atoms with E-state index in [0.29, 0.717) is 41.6 Å². The lowest BCUT2D eigenvalue weighted by atomic mass is 10.2. The van der Waals surface area contributed by atoms with Gasteiger partial charge in [-0.25, -0.2) is 4.68 Å². The third kappa shape index (κ3) is 3.96. The van der Waals surface area contributed by atoms with Gasteiger partial charge in [-0.15, -0.1) is 5.10 Å². The molecule has 0 aliphatic rings. The minimum absolute atomic E-state index is 0.0658. The molecule has 1 unspecified atom stereocenters. The van der Waals surface area contributed by atoms with Crippen LogP contribution in [0.25, 0.3) is 11.2 Å². The highest BCUT2D eigenvalue weighted by atomic mass is 35.5. The molecule has 0 saturated carbocycles. The van der Waals surface area contributed by atoms with E-state index < -0.39 is 0 Å². The maximum atomic E-state index is 10.0. The number of rotatable bonds is 7. The normalized spacial score (nSPS) is 12.3. The number of nitrogens with zero attached hydrogens (tertiary/aromatic N) is 5. The molecule has 144 valence electrons. The highest BCUT2D eigenvalue weighted by Gasteiger charge is 2.16. The van der Waals surface area contributed by atoms with Gasteiger partial charge in [0.25, 0.3) is 0 Å². The van der Waals surface area contributed by atoms with Gasteiger partial charge in [0, 0.05) is 31.2 Å². The lowest BCUT2D eigenvalue weighted by Gasteiger charge is -2.12. The van der Waals surface area contributed by atoms with Crippen LogP contribution in [0.4, 0.5) is 11.8 Å². The number of aromatic nitrogens is 5. The number of nitrogens with one attached hydrogen (secondary N) is 2. The zero-order chi connectivity index (χ0) is 19.6. The Hall–Kier alpha value is -2.85. The van der Waals surface area contributed by atoms with Crippen LogP contribution in [-0.4, -0.2) is 47.8 Å². The van der Waals surface area contributed by atoms with Crippen LogP contribution in [0.1, 0.15) is 19.4 Å². The second-order valence-electron chi connectivity index (χ2n) is 6.09. The molecule has 0 radical (unpaired) electrons. The van der Waals surface area contributed by atoms with Crippen molar-refractivity contribution in [2.24, 2.45) is 5.73 Å². The number of aromatic hydroxyl groups is 2. The molecule has 2 aromatic heterocycles. The van der Waals surface area contributed by atoms with Crippen LogP contribution in [-0.2, 0) is 13.1 Å². The Balaban J connectivity index is 1.92. The van der Waals surface area contributed by atoms with Gasteiger partial charge in [-0.2, -0.15) is 9.97 Å². The zero-order valence-corrected chi connectivity index (χ0v) is 15.7. The summed E-state index contributed by atoms with van der Waals surface area (Å²) in [6.45, 7) is 5.11. The number of benzene rings is 1. The molecular formula is C16H21ClN8O2. The highest BCUT2D eigenvalue weighted by Crippen LogP contribution is 2.36. The van der Waals surface area contributed by atoms with E-state index in [1.165, 1.54) is 6.07 Å². The van der Waals surface area contributed by atoms with Crippen molar-refractivity contribution in [1.82, 2.24) is 25.0 Å². The van der Waals surface area contributed by atoms with E-state index in [2.05, 4.69) is 30.9 Å². The molecule has 0 spiro atoms. The fourth-order valence-electron chi connectivity index (χ4n) is 2.44. The number of phenols is 2. The summed E-state index contributed by atoms with van der Waals surface area (Å²) in [5.41, 5.74) is 7.31. The second-order valence-corrected chi connectivity index (χ2v) is 6.50. The fraction of sp³-hybridized carbons (Fsp3) is 0.375. The number of halogens is 1. The van der Waals surface area contributed by atoms with Gasteiger partial charge in [-0.3, -0.25) is 0 Å². The van der Waals surface area contributed by atoms with Crippen molar-refractivity contribution in [3.8, 4) is 11.5 Å². The molecule has 6 N–H and O–H groups in total. The van der Waals surface area contributed by atoms with Crippen molar-refractivity contribution in [3.63, 3.8) is 0 Å². The molecule has 3 aromatic rings. The van der Waals surface area contributed by atoms with Crippen LogP contribution >= 0.6 is 11.6 Å². The fourth-order valence-corrected chi connectivity index (χ4v) is 2.59. The Morgan fingerprint density at radius 3 is 2.70 bits per heavy atom. The van der Waals surface area contributed by atoms with Crippen molar-refractivity contribution >= 4 is 34.5 Å². The number of phenolic OH excluding ortho intramolecular Hbond substituents is 2. The van der Waals surface area contributed by atoms with Crippen LogP contribution in [0.15, 0.2) is 12.1 Å². The number of anilines is 2. The summed E-state index contributed by atoms with van der Waals surface area (Å²) in [5, 5.41) is 34.3. The lowest BCUT2D eigenvalue weighted by molar-refractivity contribution is 0.400. The maximum Gasteiger partial charge on any atom is 0.226 e. The van der Waals surface area contributed by atoms with E-state index in [0.717, 1.165) is 0 Å². The first kappa shape index (κ1) is 18.9. The third-order valence-electron chi connectivity index (χ3n) is 3.88. The SMILES string of the molecule is CCn1nnc2c(NCc3ccc(Cl)c(O)c3O)nc(NCC(C)N)nc21. The summed E-state index contributed by atoms with van der Waals surface area (Å²) in [6.07, 6.45) is 0. The van der Waals surface area contributed by atoms with Gasteiger partial charge in [-0.05, 0) is 19.9 Å². The van der Waals surface area contributed by atoms with Gasteiger partial charge in [0.2, 0.25) is 5.95 Å². The predicted octanol–water partition coefficient (Wildman–Crippen LogP) is 1.68. The van der Waals surface area contributed by atoms with E-state index in [1.54, 1.807) is 10.7 Å². The average Bonchev–Trinajstić information content (AvgIpc) is 3.07. The largest absolute Gasteiger partial charge is 0.504 e. The van der Waals surface area contributed by atoms with Crippen LogP contribution in [0.3, 0.4) is 0 Å². The quantitative estimate of drug-likeness (QED) is 0.378. The summed E-state index contributed by atoms with van der Waals surface area (Å²) >= 11 is 5.79. The standard InChI is InChI=1S/C16H21ClN8O2/c1-3-25-15-11(23-24-25)14(21-16(22-15)20-6-8(2)18)19-7-9-4-5-10(17)13(27)12(9)26/h4-5,8,26-27H,3,6-7,18H2,1-2H3,(H2,19,20,21,22). The predicted molar refractivity (Wildman–Crippen MR) is 103 cm³/mol. The molecule has 1 atom stereocenters. The van der Waals surface area contributed by atoms with Crippen molar-refractivity contribution < 1.29 is 10.2 Å². The Bertz CT molecular complexity index is 959. The Kier molecular flexibility index (Phi) is 5.47. The summed E-state index contributed by atoms with van der Waals surface area (Å²) in [4.78, 5) is 8.88. The number of hydrogen-bond donors (Lipinski definition) is 5.